The third-order valence-corrected chi connectivity index (χ3v) is 9.39. The molecule has 10 heteroatoms. The number of hydrogen-bond donors (Lipinski definition) is 0. The number of hydrogen-bond acceptors (Lipinski definition) is 5. The van der Waals surface area contributed by atoms with E-state index in [2.05, 4.69) is 6.58 Å². The smallest absolute Gasteiger partial charge is 0.271 e. The molecule has 1 aliphatic rings. The molecule has 45 heavy (non-hydrogen) atoms. The van der Waals surface area contributed by atoms with Crippen molar-refractivity contribution in [1.82, 2.24) is 0 Å². The van der Waals surface area contributed by atoms with Crippen molar-refractivity contribution in [3.05, 3.63) is 132 Å². The topological polar surface area (TPSA) is 51.1 Å². The molecule has 0 spiro atoms. The van der Waals surface area contributed by atoms with Crippen molar-refractivity contribution in [2.24, 2.45) is 4.99 Å². The molecule has 0 unspecified atom stereocenters. The van der Waals surface area contributed by atoms with Crippen LogP contribution in [0.5, 0.6) is 11.5 Å². The van der Waals surface area contributed by atoms with Crippen LogP contribution in [0.2, 0.25) is 20.1 Å². The Morgan fingerprint density at radius 2 is 1.62 bits per heavy atom. The lowest BCUT2D eigenvalue weighted by Crippen LogP contribution is -2.28. The van der Waals surface area contributed by atoms with Gasteiger partial charge in [0.2, 0.25) is 0 Å². The van der Waals surface area contributed by atoms with E-state index in [1.54, 1.807) is 42.4 Å². The Morgan fingerprint density at radius 3 is 2.29 bits per heavy atom. The lowest BCUT2D eigenvalue weighted by atomic mass is 10.0. The quantitative estimate of drug-likeness (QED) is 0.129. The molecule has 5 nitrogen and oxygen atoms in total. The molecule has 230 valence electrons. The van der Waals surface area contributed by atoms with Crippen LogP contribution < -0.4 is 14.4 Å². The van der Waals surface area contributed by atoms with E-state index in [1.165, 1.54) is 11.8 Å². The number of amides is 1. The molecule has 5 rings (SSSR count). The number of ether oxygens (including phenoxy) is 2. The number of rotatable bonds is 9. The number of allylic oxidation sites excluding steroid dienone is 1. The number of carbonyl (C=O) groups excluding carboxylic acids is 1. The number of methoxy groups -OCH3 is 1. The summed E-state index contributed by atoms with van der Waals surface area (Å²) in [5.74, 6) is 0.830. The summed E-state index contributed by atoms with van der Waals surface area (Å²) in [6, 6.07) is 20.1. The molecule has 0 bridgehead atoms. The van der Waals surface area contributed by atoms with Crippen LogP contribution in [0.1, 0.15) is 27.8 Å². The molecule has 0 aromatic heterocycles. The number of carbonyl (C=O) groups is 1. The van der Waals surface area contributed by atoms with Crippen LogP contribution in [0.3, 0.4) is 0 Å². The van der Waals surface area contributed by atoms with Gasteiger partial charge in [-0.3, -0.25) is 9.69 Å². The molecular formula is C35H28Cl4N2O3S. The van der Waals surface area contributed by atoms with Gasteiger partial charge in [-0.25, -0.2) is 4.99 Å². The molecule has 0 N–H and O–H groups in total. The van der Waals surface area contributed by atoms with Crippen LogP contribution in [0.15, 0.2) is 89.3 Å². The van der Waals surface area contributed by atoms with Crippen molar-refractivity contribution in [1.29, 1.82) is 0 Å². The zero-order chi connectivity index (χ0) is 32.2. The molecule has 1 aliphatic heterocycles. The highest BCUT2D eigenvalue weighted by Gasteiger charge is 2.35. The van der Waals surface area contributed by atoms with Crippen LogP contribution in [0.25, 0.3) is 6.08 Å². The number of thioether (sulfide) groups is 1. The Bertz CT molecular complexity index is 1870. The second kappa shape index (κ2) is 14.4. The largest absolute Gasteiger partial charge is 0.493 e. The van der Waals surface area contributed by atoms with Gasteiger partial charge in [-0.1, -0.05) is 70.7 Å². The van der Waals surface area contributed by atoms with Crippen molar-refractivity contribution in [2.45, 2.75) is 26.9 Å². The number of aryl methyl sites for hydroxylation is 2. The minimum atomic E-state index is -0.237. The molecule has 4 aromatic carbocycles. The summed E-state index contributed by atoms with van der Waals surface area (Å²) >= 11 is 26.5. The highest BCUT2D eigenvalue weighted by atomic mass is 35.5. The lowest BCUT2D eigenvalue weighted by molar-refractivity contribution is -0.113. The Hall–Kier alpha value is -3.39. The van der Waals surface area contributed by atoms with Crippen LogP contribution in [-0.2, 0) is 17.8 Å². The SMILES string of the molecule is C=CCc1cc(/C=C2/SC(=Nc3ccc(C)c(Cl)c3)N(c3ccc(C)c(Cl)c3)C2=O)cc(OC)c1OCc1ccc(Cl)cc1Cl. The standard InChI is InChI=1S/C35H28Cl4N2O3S/c1-5-6-23-13-22(14-31(43-4)33(23)44-19-24-9-10-25(36)16-30(24)39)15-32-34(42)41(27-12-8-21(3)29(38)18-27)35(45-32)40-26-11-7-20(2)28(37)17-26/h5,7-18H,1,6,19H2,2-4H3/b32-15+,40-35?. The number of halogens is 4. The maximum atomic E-state index is 14.0. The number of nitrogens with zero attached hydrogens (tertiary/aromatic N) is 2. The van der Waals surface area contributed by atoms with Crippen LogP contribution in [-0.4, -0.2) is 18.2 Å². The van der Waals surface area contributed by atoms with Crippen LogP contribution in [0.4, 0.5) is 11.4 Å². The van der Waals surface area contributed by atoms with Crippen molar-refractivity contribution < 1.29 is 14.3 Å². The zero-order valence-corrected chi connectivity index (χ0v) is 28.5. The zero-order valence-electron chi connectivity index (χ0n) is 24.7. The minimum Gasteiger partial charge on any atom is -0.493 e. The molecule has 1 amide bonds. The Labute approximate surface area is 287 Å². The first-order chi connectivity index (χ1) is 21.6. The average Bonchev–Trinajstić information content (AvgIpc) is 3.30. The van der Waals surface area contributed by atoms with E-state index in [-0.39, 0.29) is 12.5 Å². The van der Waals surface area contributed by atoms with Gasteiger partial charge in [0.05, 0.1) is 23.4 Å². The number of amidine groups is 1. The van der Waals surface area contributed by atoms with Crippen LogP contribution >= 0.6 is 58.2 Å². The second-order valence-electron chi connectivity index (χ2n) is 10.2. The molecule has 1 heterocycles. The van der Waals surface area contributed by atoms with Gasteiger partial charge in [0.15, 0.2) is 16.7 Å². The van der Waals surface area contributed by atoms with Crippen molar-refractivity contribution in [2.75, 3.05) is 12.0 Å². The third-order valence-electron chi connectivity index (χ3n) is 7.02. The van der Waals surface area contributed by atoms with E-state index in [9.17, 15) is 4.79 Å². The first-order valence-electron chi connectivity index (χ1n) is 13.8. The fraction of sp³-hybridized carbons (Fsp3) is 0.143. The van der Waals surface area contributed by atoms with E-state index in [0.29, 0.717) is 59.5 Å². The lowest BCUT2D eigenvalue weighted by Gasteiger charge is -2.17. The summed E-state index contributed by atoms with van der Waals surface area (Å²) in [5, 5.41) is 2.67. The van der Waals surface area contributed by atoms with Gasteiger partial charge in [0.1, 0.15) is 6.61 Å². The number of benzene rings is 4. The molecule has 4 aromatic rings. The monoisotopic (exact) mass is 696 g/mol. The van der Waals surface area contributed by atoms with Gasteiger partial charge in [-0.2, -0.15) is 0 Å². The molecule has 0 radical (unpaired) electrons. The second-order valence-corrected chi connectivity index (χ2v) is 12.9. The summed E-state index contributed by atoms with van der Waals surface area (Å²) in [6.07, 6.45) is 4.10. The molecule has 1 fully saturated rings. The van der Waals surface area contributed by atoms with Gasteiger partial charge >= 0.3 is 0 Å². The van der Waals surface area contributed by atoms with Gasteiger partial charge < -0.3 is 9.47 Å². The van der Waals surface area contributed by atoms with Crippen molar-refractivity contribution in [3.8, 4) is 11.5 Å². The van der Waals surface area contributed by atoms with E-state index in [4.69, 9.17) is 60.9 Å². The highest BCUT2D eigenvalue weighted by molar-refractivity contribution is 8.19. The fourth-order valence-corrected chi connectivity index (χ4v) is 6.40. The van der Waals surface area contributed by atoms with Crippen LogP contribution in [0, 0.1) is 13.8 Å². The predicted octanol–water partition coefficient (Wildman–Crippen LogP) is 11.0. The van der Waals surface area contributed by atoms with Gasteiger partial charge in [0, 0.05) is 31.2 Å². The van der Waals surface area contributed by atoms with E-state index < -0.39 is 0 Å². The summed E-state index contributed by atoms with van der Waals surface area (Å²) in [6.45, 7) is 7.95. The van der Waals surface area contributed by atoms with E-state index >= 15 is 0 Å². The Morgan fingerprint density at radius 1 is 0.889 bits per heavy atom. The minimum absolute atomic E-state index is 0.211. The average molecular weight is 698 g/mol. The molecular weight excluding hydrogens is 670 g/mol. The maximum Gasteiger partial charge on any atom is 0.271 e. The normalized spacial score (nSPS) is 14.8. The third kappa shape index (κ3) is 7.54. The Kier molecular flexibility index (Phi) is 10.5. The fourth-order valence-electron chi connectivity index (χ4n) is 4.59. The predicted molar refractivity (Wildman–Crippen MR) is 190 cm³/mol. The van der Waals surface area contributed by atoms with Gasteiger partial charge in [0.25, 0.3) is 5.91 Å². The summed E-state index contributed by atoms with van der Waals surface area (Å²) < 4.78 is 12.0. The highest BCUT2D eigenvalue weighted by Crippen LogP contribution is 2.41. The number of aliphatic imine (C=N–C) groups is 1. The van der Waals surface area contributed by atoms with E-state index in [1.807, 2.05) is 62.4 Å². The van der Waals surface area contributed by atoms with Crippen molar-refractivity contribution >= 4 is 86.7 Å². The molecule has 1 saturated heterocycles. The summed E-state index contributed by atoms with van der Waals surface area (Å²) in [4.78, 5) is 20.8. The molecule has 0 aliphatic carbocycles. The van der Waals surface area contributed by atoms with Gasteiger partial charge in [-0.05, 0) is 103 Å². The molecule has 0 saturated carbocycles. The maximum absolute atomic E-state index is 14.0. The Balaban J connectivity index is 1.54. The van der Waals surface area contributed by atoms with E-state index in [0.717, 1.165) is 27.8 Å². The number of anilines is 1. The first kappa shape index (κ1) is 33.0. The van der Waals surface area contributed by atoms with Crippen molar-refractivity contribution in [3.63, 3.8) is 0 Å². The van der Waals surface area contributed by atoms with Gasteiger partial charge in [-0.15, -0.1) is 6.58 Å². The first-order valence-corrected chi connectivity index (χ1v) is 16.1. The molecule has 0 atom stereocenters. The summed E-state index contributed by atoms with van der Waals surface area (Å²) in [5.41, 5.74) is 5.44. The summed E-state index contributed by atoms with van der Waals surface area (Å²) in [7, 11) is 1.57.